The average molecular weight is 466 g/mol. The van der Waals surface area contributed by atoms with Crippen LogP contribution in [0.25, 0.3) is 10.9 Å². The first kappa shape index (κ1) is 22.0. The number of piperidine rings is 1. The standard InChI is InChI=1S/C26H31N3O3S/c1-28-18-24(19-13-15-29(16-14-19)26(30)20-7-5-6-8-20)23-17-21(11-12-25(23)28)27-33(31,32)22-9-3-2-4-10-22/h2-4,9-12,17-20,27H,5-8,13-16H2,1H3. The Morgan fingerprint density at radius 1 is 0.970 bits per heavy atom. The summed E-state index contributed by atoms with van der Waals surface area (Å²) in [5.41, 5.74) is 2.88. The second-order valence-corrected chi connectivity index (χ2v) is 11.1. The van der Waals surface area contributed by atoms with Crippen molar-refractivity contribution in [2.45, 2.75) is 49.3 Å². The summed E-state index contributed by atoms with van der Waals surface area (Å²) >= 11 is 0. The number of benzene rings is 2. The minimum absolute atomic E-state index is 0.235. The zero-order chi connectivity index (χ0) is 23.0. The van der Waals surface area contributed by atoms with Gasteiger partial charge in [-0.05, 0) is 67.5 Å². The van der Waals surface area contributed by atoms with E-state index in [9.17, 15) is 13.2 Å². The third-order valence-electron chi connectivity index (χ3n) is 7.28. The molecule has 0 bridgehead atoms. The van der Waals surface area contributed by atoms with Crippen molar-refractivity contribution < 1.29 is 13.2 Å². The van der Waals surface area contributed by atoms with E-state index in [-0.39, 0.29) is 10.8 Å². The van der Waals surface area contributed by atoms with Gasteiger partial charge in [-0.3, -0.25) is 9.52 Å². The average Bonchev–Trinajstić information content (AvgIpc) is 3.48. The summed E-state index contributed by atoms with van der Waals surface area (Å²) in [6.07, 6.45) is 8.50. The van der Waals surface area contributed by atoms with Crippen molar-refractivity contribution in [2.75, 3.05) is 17.8 Å². The molecule has 1 saturated carbocycles. The number of nitrogens with zero attached hydrogens (tertiary/aromatic N) is 2. The summed E-state index contributed by atoms with van der Waals surface area (Å²) in [6, 6.07) is 14.2. The van der Waals surface area contributed by atoms with Crippen LogP contribution < -0.4 is 4.72 Å². The minimum atomic E-state index is -3.64. The number of aryl methyl sites for hydroxylation is 1. The van der Waals surface area contributed by atoms with Gasteiger partial charge in [0.25, 0.3) is 10.0 Å². The Balaban J connectivity index is 1.35. The molecule has 0 unspecified atom stereocenters. The third-order valence-corrected chi connectivity index (χ3v) is 8.67. The molecule has 5 rings (SSSR count). The summed E-state index contributed by atoms with van der Waals surface area (Å²) in [6.45, 7) is 1.60. The number of hydrogen-bond donors (Lipinski definition) is 1. The number of nitrogens with one attached hydrogen (secondary N) is 1. The van der Waals surface area contributed by atoms with Crippen LogP contribution in [0, 0.1) is 5.92 Å². The lowest BCUT2D eigenvalue weighted by molar-refractivity contribution is -0.136. The van der Waals surface area contributed by atoms with E-state index in [4.69, 9.17) is 0 Å². The number of fused-ring (bicyclic) bond motifs is 1. The predicted octanol–water partition coefficient (Wildman–Crippen LogP) is 4.88. The van der Waals surface area contributed by atoms with Gasteiger partial charge in [-0.2, -0.15) is 0 Å². The second-order valence-electron chi connectivity index (χ2n) is 9.43. The molecule has 2 heterocycles. The van der Waals surface area contributed by atoms with E-state index in [0.717, 1.165) is 49.7 Å². The van der Waals surface area contributed by atoms with Crippen LogP contribution >= 0.6 is 0 Å². The number of carbonyl (C=O) groups excluding carboxylic acids is 1. The van der Waals surface area contributed by atoms with E-state index in [2.05, 4.69) is 20.4 Å². The Hall–Kier alpha value is -2.80. The molecule has 0 radical (unpaired) electrons. The Bertz CT molecular complexity index is 1250. The fourth-order valence-corrected chi connectivity index (χ4v) is 6.54. The van der Waals surface area contributed by atoms with Crippen LogP contribution in [0.15, 0.2) is 59.6 Å². The van der Waals surface area contributed by atoms with Crippen molar-refractivity contribution >= 4 is 32.5 Å². The first-order valence-electron chi connectivity index (χ1n) is 11.9. The molecule has 0 atom stereocenters. The number of carbonyl (C=O) groups is 1. The molecule has 2 aromatic carbocycles. The number of anilines is 1. The Kier molecular flexibility index (Phi) is 5.91. The van der Waals surface area contributed by atoms with Crippen LogP contribution in [0.5, 0.6) is 0 Å². The predicted molar refractivity (Wildman–Crippen MR) is 131 cm³/mol. The Morgan fingerprint density at radius 2 is 1.67 bits per heavy atom. The molecular weight excluding hydrogens is 434 g/mol. The normalized spacial score (nSPS) is 18.2. The Morgan fingerprint density at radius 3 is 2.36 bits per heavy atom. The lowest BCUT2D eigenvalue weighted by Gasteiger charge is -2.33. The number of sulfonamides is 1. The highest BCUT2D eigenvalue weighted by molar-refractivity contribution is 7.92. The highest BCUT2D eigenvalue weighted by Crippen LogP contribution is 2.37. The van der Waals surface area contributed by atoms with Crippen LogP contribution in [0.2, 0.25) is 0 Å². The lowest BCUT2D eigenvalue weighted by atomic mass is 9.88. The van der Waals surface area contributed by atoms with E-state index in [1.54, 1.807) is 30.3 Å². The lowest BCUT2D eigenvalue weighted by Crippen LogP contribution is -2.40. The molecule has 1 N–H and O–H groups in total. The summed E-state index contributed by atoms with van der Waals surface area (Å²) in [5.74, 6) is 0.947. The van der Waals surface area contributed by atoms with Crippen LogP contribution in [0.1, 0.15) is 50.0 Å². The van der Waals surface area contributed by atoms with E-state index in [0.29, 0.717) is 17.5 Å². The summed E-state index contributed by atoms with van der Waals surface area (Å²) in [5, 5.41) is 1.08. The van der Waals surface area contributed by atoms with Gasteiger partial charge in [-0.15, -0.1) is 0 Å². The maximum absolute atomic E-state index is 12.8. The zero-order valence-electron chi connectivity index (χ0n) is 19.0. The van der Waals surface area contributed by atoms with E-state index >= 15 is 0 Å². The highest BCUT2D eigenvalue weighted by Gasteiger charge is 2.31. The summed E-state index contributed by atoms with van der Waals surface area (Å²) < 4.78 is 30.4. The molecule has 3 aromatic rings. The summed E-state index contributed by atoms with van der Waals surface area (Å²) in [4.78, 5) is 15.1. The first-order chi connectivity index (χ1) is 15.9. The second kappa shape index (κ2) is 8.86. The van der Waals surface area contributed by atoms with Crippen LogP contribution in [0.4, 0.5) is 5.69 Å². The van der Waals surface area contributed by atoms with Crippen molar-refractivity contribution in [3.63, 3.8) is 0 Å². The molecule has 1 aliphatic carbocycles. The molecular formula is C26H31N3O3S. The quantitative estimate of drug-likeness (QED) is 0.584. The molecule has 6 nitrogen and oxygen atoms in total. The van der Waals surface area contributed by atoms with Crippen molar-refractivity contribution in [2.24, 2.45) is 13.0 Å². The molecule has 2 fully saturated rings. The van der Waals surface area contributed by atoms with Crippen LogP contribution in [0.3, 0.4) is 0 Å². The van der Waals surface area contributed by atoms with Gasteiger partial charge in [0.15, 0.2) is 0 Å². The maximum Gasteiger partial charge on any atom is 0.261 e. The minimum Gasteiger partial charge on any atom is -0.350 e. The Labute approximate surface area is 195 Å². The highest BCUT2D eigenvalue weighted by atomic mass is 32.2. The fourth-order valence-electron chi connectivity index (χ4n) is 5.47. The van der Waals surface area contributed by atoms with Gasteiger partial charge in [0.05, 0.1) is 4.90 Å². The van der Waals surface area contributed by atoms with Gasteiger partial charge in [-0.1, -0.05) is 31.0 Å². The molecule has 1 aliphatic heterocycles. The number of hydrogen-bond acceptors (Lipinski definition) is 3. The SMILES string of the molecule is Cn1cc(C2CCN(C(=O)C3CCCC3)CC2)c2cc(NS(=O)(=O)c3ccccc3)ccc21. The number of rotatable bonds is 5. The largest absolute Gasteiger partial charge is 0.350 e. The fraction of sp³-hybridized carbons (Fsp3) is 0.423. The van der Waals surface area contributed by atoms with Gasteiger partial charge in [0.1, 0.15) is 0 Å². The topological polar surface area (TPSA) is 71.4 Å². The van der Waals surface area contributed by atoms with Gasteiger partial charge < -0.3 is 9.47 Å². The van der Waals surface area contributed by atoms with Crippen molar-refractivity contribution in [1.82, 2.24) is 9.47 Å². The molecule has 1 aromatic heterocycles. The number of likely N-dealkylation sites (tertiary alicyclic amines) is 1. The molecule has 2 aliphatic rings. The van der Waals surface area contributed by atoms with E-state index in [1.807, 2.05) is 25.2 Å². The van der Waals surface area contributed by atoms with Crippen molar-refractivity contribution in [3.8, 4) is 0 Å². The maximum atomic E-state index is 12.8. The zero-order valence-corrected chi connectivity index (χ0v) is 19.9. The summed E-state index contributed by atoms with van der Waals surface area (Å²) in [7, 11) is -1.61. The number of aromatic nitrogens is 1. The van der Waals surface area contributed by atoms with E-state index < -0.39 is 10.0 Å². The van der Waals surface area contributed by atoms with E-state index in [1.165, 1.54) is 18.4 Å². The molecule has 1 amide bonds. The molecule has 1 saturated heterocycles. The molecule has 33 heavy (non-hydrogen) atoms. The number of amides is 1. The van der Waals surface area contributed by atoms with Gasteiger partial charge >= 0.3 is 0 Å². The van der Waals surface area contributed by atoms with Crippen molar-refractivity contribution in [1.29, 1.82) is 0 Å². The molecule has 7 heteroatoms. The smallest absolute Gasteiger partial charge is 0.261 e. The van der Waals surface area contributed by atoms with Crippen molar-refractivity contribution in [3.05, 3.63) is 60.3 Å². The van der Waals surface area contributed by atoms with Crippen LogP contribution in [-0.2, 0) is 21.9 Å². The van der Waals surface area contributed by atoms with Gasteiger partial charge in [0.2, 0.25) is 5.91 Å². The van der Waals surface area contributed by atoms with Gasteiger partial charge in [-0.25, -0.2) is 8.42 Å². The van der Waals surface area contributed by atoms with Gasteiger partial charge in [0, 0.05) is 48.8 Å². The molecule has 0 spiro atoms. The third kappa shape index (κ3) is 4.38. The van der Waals surface area contributed by atoms with Crippen LogP contribution in [-0.4, -0.2) is 36.9 Å². The molecule has 174 valence electrons. The first-order valence-corrected chi connectivity index (χ1v) is 13.4. The monoisotopic (exact) mass is 465 g/mol.